The van der Waals surface area contributed by atoms with Gasteiger partial charge in [0.2, 0.25) is 24.5 Å². The predicted molar refractivity (Wildman–Crippen MR) is 160 cm³/mol. The number of hydrogen-bond acceptors (Lipinski definition) is 10. The molecule has 0 aliphatic carbocycles. The SMILES string of the molecule is CC1(C)S[C@@H]2[C@H](I)C(=O)N2[C@H]1C(=O)OCOC(=O)[C@@H]1N2C(=O)[C@@H](NC(=O)C(N)c3ccccc3)[C@H]2SC1(C)C.Cl. The number of β-lactam (4-membered cyclic amide) rings is 2. The second kappa shape index (κ2) is 11.2. The number of carbonyl (C=O) groups excluding carboxylic acids is 5. The van der Waals surface area contributed by atoms with E-state index in [0.29, 0.717) is 5.56 Å². The number of nitrogens with two attached hydrogens (primary N) is 1. The third-order valence-electron chi connectivity index (χ3n) is 7.40. The molecule has 4 aliphatic rings. The Morgan fingerprint density at radius 1 is 0.950 bits per heavy atom. The van der Waals surface area contributed by atoms with E-state index in [4.69, 9.17) is 15.2 Å². The highest BCUT2D eigenvalue weighted by atomic mass is 127. The van der Waals surface area contributed by atoms with E-state index < -0.39 is 69.6 Å². The lowest BCUT2D eigenvalue weighted by atomic mass is 9.95. The van der Waals surface area contributed by atoms with Crippen molar-refractivity contribution >= 4 is 88.2 Å². The molecule has 7 atom stereocenters. The fourth-order valence-electron chi connectivity index (χ4n) is 5.43. The van der Waals surface area contributed by atoms with Crippen LogP contribution >= 0.6 is 58.5 Å². The van der Waals surface area contributed by atoms with Crippen molar-refractivity contribution in [3.05, 3.63) is 35.9 Å². The van der Waals surface area contributed by atoms with Crippen LogP contribution in [-0.4, -0.2) is 88.5 Å². The van der Waals surface area contributed by atoms with Crippen LogP contribution in [0.15, 0.2) is 30.3 Å². The van der Waals surface area contributed by atoms with Gasteiger partial charge >= 0.3 is 11.9 Å². The average molecular weight is 725 g/mol. The van der Waals surface area contributed by atoms with Gasteiger partial charge in [-0.15, -0.1) is 35.9 Å². The number of thioether (sulfide) groups is 2. The number of nitrogens with one attached hydrogen (secondary N) is 1. The number of nitrogens with zero attached hydrogens (tertiary/aromatic N) is 2. The Morgan fingerprint density at radius 3 is 2.00 bits per heavy atom. The van der Waals surface area contributed by atoms with Gasteiger partial charge < -0.3 is 30.3 Å². The lowest BCUT2D eigenvalue weighted by Crippen LogP contribution is -2.71. The Kier molecular flexibility index (Phi) is 8.70. The molecule has 0 aromatic heterocycles. The van der Waals surface area contributed by atoms with Crippen LogP contribution in [0.25, 0.3) is 0 Å². The third-order valence-corrected chi connectivity index (χ3v) is 12.2. The number of carbonyl (C=O) groups is 5. The van der Waals surface area contributed by atoms with Crippen LogP contribution in [0.4, 0.5) is 0 Å². The number of fused-ring (bicyclic) bond motifs is 2. The maximum Gasteiger partial charge on any atom is 0.333 e. The summed E-state index contributed by atoms with van der Waals surface area (Å²) in [4.78, 5) is 66.9. The van der Waals surface area contributed by atoms with Crippen molar-refractivity contribution in [1.82, 2.24) is 15.1 Å². The zero-order valence-corrected chi connectivity index (χ0v) is 26.7. The first-order valence-electron chi connectivity index (χ1n) is 12.3. The Bertz CT molecular complexity index is 1240. The first-order chi connectivity index (χ1) is 18.3. The monoisotopic (exact) mass is 724 g/mol. The minimum absolute atomic E-state index is 0. The number of amides is 3. The maximum atomic E-state index is 13.1. The summed E-state index contributed by atoms with van der Waals surface area (Å²) in [5.41, 5.74) is 6.69. The number of esters is 2. The van der Waals surface area contributed by atoms with E-state index in [1.165, 1.54) is 21.6 Å². The molecule has 0 radical (unpaired) electrons. The van der Waals surface area contributed by atoms with E-state index in [1.807, 2.05) is 33.8 Å². The molecule has 4 fully saturated rings. The molecule has 1 aromatic carbocycles. The molecule has 1 unspecified atom stereocenters. The summed E-state index contributed by atoms with van der Waals surface area (Å²) in [5.74, 6) is -2.37. The summed E-state index contributed by atoms with van der Waals surface area (Å²) in [5, 5.41) is 2.16. The summed E-state index contributed by atoms with van der Waals surface area (Å²) in [6.45, 7) is 6.74. The number of benzene rings is 1. The van der Waals surface area contributed by atoms with Crippen LogP contribution in [0.2, 0.25) is 0 Å². The smallest absolute Gasteiger partial charge is 0.333 e. The van der Waals surface area contributed by atoms with E-state index in [0.717, 1.165) is 0 Å². The molecule has 5 rings (SSSR count). The van der Waals surface area contributed by atoms with Gasteiger partial charge in [0.25, 0.3) is 0 Å². The Balaban J connectivity index is 0.00000370. The number of hydrogen-bond donors (Lipinski definition) is 2. The molecule has 15 heteroatoms. The van der Waals surface area contributed by atoms with Crippen LogP contribution in [0.1, 0.15) is 39.3 Å². The van der Waals surface area contributed by atoms with Gasteiger partial charge in [-0.1, -0.05) is 52.9 Å². The minimum Gasteiger partial charge on any atom is -0.426 e. The van der Waals surface area contributed by atoms with Gasteiger partial charge in [0.05, 0.1) is 0 Å². The third kappa shape index (κ3) is 5.07. The molecule has 1 aromatic rings. The van der Waals surface area contributed by atoms with Crippen molar-refractivity contribution < 1.29 is 33.4 Å². The van der Waals surface area contributed by atoms with Gasteiger partial charge in [0, 0.05) is 9.49 Å². The van der Waals surface area contributed by atoms with Crippen LogP contribution in [-0.2, 0) is 33.4 Å². The quantitative estimate of drug-likeness (QED) is 0.140. The molecule has 3 amide bonds. The van der Waals surface area contributed by atoms with E-state index >= 15 is 0 Å². The van der Waals surface area contributed by atoms with Gasteiger partial charge in [-0.05, 0) is 33.3 Å². The van der Waals surface area contributed by atoms with Gasteiger partial charge in [-0.25, -0.2) is 9.59 Å². The fourth-order valence-corrected chi connectivity index (χ4v) is 9.70. The highest BCUT2D eigenvalue weighted by molar-refractivity contribution is 14.1. The second-order valence-electron chi connectivity index (χ2n) is 10.8. The number of ether oxygens (including phenoxy) is 2. The lowest BCUT2D eigenvalue weighted by Gasteiger charge is -2.44. The molecular weight excluding hydrogens is 695 g/mol. The van der Waals surface area contributed by atoms with E-state index in [-0.39, 0.29) is 27.6 Å². The topological polar surface area (TPSA) is 148 Å². The van der Waals surface area contributed by atoms with Crippen molar-refractivity contribution in [3.63, 3.8) is 0 Å². The number of rotatable bonds is 7. The summed E-state index contributed by atoms with van der Waals surface area (Å²) in [7, 11) is 0. The minimum atomic E-state index is -0.936. The van der Waals surface area contributed by atoms with E-state index in [1.54, 1.807) is 36.0 Å². The van der Waals surface area contributed by atoms with Crippen molar-refractivity contribution in [2.45, 2.75) is 76.0 Å². The maximum absolute atomic E-state index is 13.1. The van der Waals surface area contributed by atoms with Crippen LogP contribution in [0.3, 0.4) is 0 Å². The van der Waals surface area contributed by atoms with Crippen molar-refractivity contribution in [1.29, 1.82) is 0 Å². The highest BCUT2D eigenvalue weighted by Gasteiger charge is 2.65. The van der Waals surface area contributed by atoms with Crippen molar-refractivity contribution in [3.8, 4) is 0 Å². The summed E-state index contributed by atoms with van der Waals surface area (Å²) >= 11 is 5.00. The Labute approximate surface area is 259 Å². The number of halogens is 2. The summed E-state index contributed by atoms with van der Waals surface area (Å²) in [6.07, 6.45) is 0. The van der Waals surface area contributed by atoms with Gasteiger partial charge in [0.15, 0.2) is 0 Å². The summed E-state index contributed by atoms with van der Waals surface area (Å²) < 4.78 is 9.11. The van der Waals surface area contributed by atoms with E-state index in [9.17, 15) is 24.0 Å². The van der Waals surface area contributed by atoms with Crippen LogP contribution in [0, 0.1) is 0 Å². The molecule has 11 nitrogen and oxygen atoms in total. The Morgan fingerprint density at radius 2 is 1.45 bits per heavy atom. The van der Waals surface area contributed by atoms with Crippen molar-refractivity contribution in [2.75, 3.05) is 6.79 Å². The molecule has 4 aliphatic heterocycles. The van der Waals surface area contributed by atoms with Crippen molar-refractivity contribution in [2.24, 2.45) is 5.73 Å². The molecule has 0 bridgehead atoms. The largest absolute Gasteiger partial charge is 0.426 e. The Hall–Kier alpha value is -1.75. The second-order valence-corrected chi connectivity index (χ2v) is 15.7. The molecule has 4 heterocycles. The normalized spacial score (nSPS) is 31.6. The zero-order chi connectivity index (χ0) is 28.4. The summed E-state index contributed by atoms with van der Waals surface area (Å²) in [6, 6.07) is 5.36. The lowest BCUT2D eigenvalue weighted by molar-refractivity contribution is -0.181. The fraction of sp³-hybridized carbons (Fsp3) is 0.560. The highest BCUT2D eigenvalue weighted by Crippen LogP contribution is 2.53. The molecule has 218 valence electrons. The predicted octanol–water partition coefficient (Wildman–Crippen LogP) is 1.57. The number of alkyl halides is 1. The molecule has 40 heavy (non-hydrogen) atoms. The average Bonchev–Trinajstić information content (AvgIpc) is 3.31. The van der Waals surface area contributed by atoms with Gasteiger partial charge in [-0.3, -0.25) is 14.4 Å². The zero-order valence-electron chi connectivity index (χ0n) is 22.1. The molecular formula is C25H30ClIN4O7S2. The molecule has 3 N–H and O–H groups in total. The van der Waals surface area contributed by atoms with Crippen LogP contribution in [0.5, 0.6) is 0 Å². The first-order valence-corrected chi connectivity index (χ1v) is 15.3. The van der Waals surface area contributed by atoms with Gasteiger partial charge in [0.1, 0.15) is 38.8 Å². The molecule has 0 saturated carbocycles. The van der Waals surface area contributed by atoms with E-state index in [2.05, 4.69) is 27.9 Å². The van der Waals surface area contributed by atoms with Gasteiger partial charge in [-0.2, -0.15) is 0 Å². The molecule has 4 saturated heterocycles. The van der Waals surface area contributed by atoms with Crippen LogP contribution < -0.4 is 11.1 Å². The standard InChI is InChI=1S/C25H29IN4O7S2.ClH/c1-24(2)15(29-18(32)12(26)20(29)38-24)22(34)36-10-37-23(35)16-25(3,4)39-21-14(19(33)30(16)21)28-17(31)13(27)11-8-6-5-7-9-11;/h5-9,12-16,20-21H,10,27H2,1-4H3,(H,28,31);1H/t12-,13?,14-,15+,16+,20-,21-;/m1./s1. The molecule has 0 spiro atoms. The first kappa shape index (κ1) is 31.2.